The van der Waals surface area contributed by atoms with Crippen LogP contribution in [0.25, 0.3) is 0 Å². The minimum absolute atomic E-state index is 0.168. The maximum Gasteiger partial charge on any atom is 0.302 e. The fraction of sp³-hybridized carbons (Fsp3) is 0.312. The molecule has 0 saturated heterocycles. The van der Waals surface area contributed by atoms with Gasteiger partial charge in [0.05, 0.1) is 6.54 Å². The average molecular weight is 271 g/mol. The lowest BCUT2D eigenvalue weighted by Gasteiger charge is -2.20. The minimum atomic E-state index is -1.53. The number of carbonyl (C=O) groups excluding carboxylic acids is 1. The summed E-state index contributed by atoms with van der Waals surface area (Å²) in [4.78, 5) is 13.8. The molecule has 1 aromatic carbocycles. The Morgan fingerprint density at radius 3 is 2.32 bits per heavy atom. The molecular weight excluding hydrogens is 250 g/mol. The van der Waals surface area contributed by atoms with Gasteiger partial charge in [-0.2, -0.15) is 0 Å². The molecule has 0 spiro atoms. The smallest absolute Gasteiger partial charge is 0.302 e. The van der Waals surface area contributed by atoms with Crippen LogP contribution in [0.15, 0.2) is 42.6 Å². The summed E-state index contributed by atoms with van der Waals surface area (Å²) >= 11 is 0. The third kappa shape index (κ3) is 5.58. The molecule has 0 unspecified atom stereocenters. The summed E-state index contributed by atoms with van der Waals surface area (Å²) in [7, 11) is -1.53. The summed E-state index contributed by atoms with van der Waals surface area (Å²) in [5.74, 6) is 2.59. The zero-order chi connectivity index (χ0) is 14.5. The molecule has 0 aliphatic carbocycles. The molecule has 100 valence electrons. The van der Waals surface area contributed by atoms with Crippen molar-refractivity contribution in [1.82, 2.24) is 4.90 Å². The number of hydrogen-bond acceptors (Lipinski definition) is 1. The lowest BCUT2D eigenvalue weighted by molar-refractivity contribution is -0.123. The van der Waals surface area contributed by atoms with Crippen molar-refractivity contribution >= 4 is 14.0 Å². The highest BCUT2D eigenvalue weighted by atomic mass is 28.3. The van der Waals surface area contributed by atoms with Gasteiger partial charge in [0, 0.05) is 5.70 Å². The van der Waals surface area contributed by atoms with E-state index in [-0.39, 0.29) is 5.91 Å². The number of allylic oxidation sites excluding steroid dienone is 1. The summed E-state index contributed by atoms with van der Waals surface area (Å²) in [6, 6.07) is 9.88. The predicted molar refractivity (Wildman–Crippen MR) is 82.9 cm³/mol. The first kappa shape index (κ1) is 15.3. The Hall–Kier alpha value is -1.79. The lowest BCUT2D eigenvalue weighted by Crippen LogP contribution is -2.28. The molecule has 0 fully saturated rings. The zero-order valence-corrected chi connectivity index (χ0v) is 13.2. The van der Waals surface area contributed by atoms with Gasteiger partial charge in [-0.05, 0) is 18.4 Å². The van der Waals surface area contributed by atoms with Crippen molar-refractivity contribution in [2.24, 2.45) is 0 Å². The number of benzene rings is 1. The average Bonchev–Trinajstić information content (AvgIpc) is 2.33. The molecule has 0 aliphatic heterocycles. The van der Waals surface area contributed by atoms with Crippen molar-refractivity contribution < 1.29 is 4.79 Å². The second kappa shape index (κ2) is 6.40. The van der Waals surface area contributed by atoms with Crippen LogP contribution in [0.1, 0.15) is 12.5 Å². The van der Waals surface area contributed by atoms with Gasteiger partial charge in [0.25, 0.3) is 0 Å². The molecular formula is C16H21NOSi. The maximum absolute atomic E-state index is 12.1. The first-order valence-corrected chi connectivity index (χ1v) is 9.84. The van der Waals surface area contributed by atoms with Gasteiger partial charge < -0.3 is 4.90 Å². The van der Waals surface area contributed by atoms with Crippen LogP contribution in [0, 0.1) is 11.5 Å². The molecule has 0 aromatic heterocycles. The second-order valence-corrected chi connectivity index (χ2v) is 10.4. The quantitative estimate of drug-likeness (QED) is 0.609. The summed E-state index contributed by atoms with van der Waals surface area (Å²) in [6.07, 6.45) is 0. The normalized spacial score (nSPS) is 10.3. The first-order chi connectivity index (χ1) is 8.79. The zero-order valence-electron chi connectivity index (χ0n) is 12.2. The summed E-state index contributed by atoms with van der Waals surface area (Å²) in [5.41, 5.74) is 4.90. The van der Waals surface area contributed by atoms with Crippen LogP contribution in [0.2, 0.25) is 19.6 Å². The van der Waals surface area contributed by atoms with Crippen LogP contribution < -0.4 is 0 Å². The first-order valence-electron chi connectivity index (χ1n) is 6.34. The fourth-order valence-corrected chi connectivity index (χ4v) is 1.94. The highest BCUT2D eigenvalue weighted by Crippen LogP contribution is 2.09. The molecule has 0 aliphatic rings. The number of carbonyl (C=O) groups is 1. The minimum Gasteiger partial charge on any atom is -0.302 e. The Labute approximate surface area is 117 Å². The van der Waals surface area contributed by atoms with E-state index in [1.807, 2.05) is 37.3 Å². The Kier molecular flexibility index (Phi) is 5.14. The Bertz CT molecular complexity index is 517. The van der Waals surface area contributed by atoms with Gasteiger partial charge in [-0.15, -0.1) is 5.54 Å². The van der Waals surface area contributed by atoms with Crippen molar-refractivity contribution in [1.29, 1.82) is 0 Å². The van der Waals surface area contributed by atoms with E-state index in [4.69, 9.17) is 0 Å². The topological polar surface area (TPSA) is 20.3 Å². The SMILES string of the molecule is C=C(C)N(Cc1ccccc1)C(=O)C#C[Si](C)(C)C. The van der Waals surface area contributed by atoms with E-state index in [0.717, 1.165) is 11.3 Å². The molecule has 0 radical (unpaired) electrons. The highest BCUT2D eigenvalue weighted by Gasteiger charge is 2.14. The van der Waals surface area contributed by atoms with Gasteiger partial charge >= 0.3 is 5.91 Å². The van der Waals surface area contributed by atoms with Crippen LogP contribution >= 0.6 is 0 Å². The van der Waals surface area contributed by atoms with Gasteiger partial charge in [-0.1, -0.05) is 56.6 Å². The van der Waals surface area contributed by atoms with Crippen molar-refractivity contribution in [2.45, 2.75) is 33.1 Å². The number of rotatable bonds is 3. The van der Waals surface area contributed by atoms with E-state index in [0.29, 0.717) is 6.54 Å². The molecule has 1 amide bonds. The van der Waals surface area contributed by atoms with E-state index < -0.39 is 8.07 Å². The standard InChI is InChI=1S/C16H21NOSi/c1-14(2)17(13-15-9-7-6-8-10-15)16(18)11-12-19(3,4)5/h6-10H,1,13H2,2-5H3. The third-order valence-corrected chi connectivity index (χ3v) is 3.31. The molecule has 3 heteroatoms. The number of nitrogens with zero attached hydrogens (tertiary/aromatic N) is 1. The number of amides is 1. The van der Waals surface area contributed by atoms with E-state index in [1.54, 1.807) is 4.90 Å². The van der Waals surface area contributed by atoms with Gasteiger partial charge in [-0.25, -0.2) is 0 Å². The van der Waals surface area contributed by atoms with E-state index in [9.17, 15) is 4.79 Å². The summed E-state index contributed by atoms with van der Waals surface area (Å²) in [6.45, 7) is 12.6. The predicted octanol–water partition coefficient (Wildman–Crippen LogP) is 3.43. The molecule has 2 nitrogen and oxygen atoms in total. The van der Waals surface area contributed by atoms with Gasteiger partial charge in [0.2, 0.25) is 0 Å². The molecule has 1 aromatic rings. The van der Waals surface area contributed by atoms with Gasteiger partial charge in [0.15, 0.2) is 0 Å². The molecule has 0 N–H and O–H groups in total. The van der Waals surface area contributed by atoms with Crippen molar-refractivity contribution in [2.75, 3.05) is 0 Å². The lowest BCUT2D eigenvalue weighted by atomic mass is 10.2. The van der Waals surface area contributed by atoms with Crippen molar-refractivity contribution in [3.63, 3.8) is 0 Å². The highest BCUT2D eigenvalue weighted by molar-refractivity contribution is 6.84. The summed E-state index contributed by atoms with van der Waals surface area (Å²) < 4.78 is 0. The number of hydrogen-bond donors (Lipinski definition) is 0. The second-order valence-electron chi connectivity index (χ2n) is 5.61. The molecule has 0 saturated carbocycles. The Balaban J connectivity index is 2.87. The van der Waals surface area contributed by atoms with Crippen molar-refractivity contribution in [3.8, 4) is 11.5 Å². The van der Waals surface area contributed by atoms with E-state index in [1.165, 1.54) is 0 Å². The van der Waals surface area contributed by atoms with Gasteiger partial charge in [0.1, 0.15) is 8.07 Å². The van der Waals surface area contributed by atoms with Crippen LogP contribution in [-0.2, 0) is 11.3 Å². The molecule has 0 heterocycles. The molecule has 1 rings (SSSR count). The Morgan fingerprint density at radius 1 is 1.26 bits per heavy atom. The molecule has 0 bridgehead atoms. The maximum atomic E-state index is 12.1. The van der Waals surface area contributed by atoms with Crippen LogP contribution in [0.4, 0.5) is 0 Å². The fourth-order valence-electron chi connectivity index (χ4n) is 1.45. The third-order valence-electron chi connectivity index (χ3n) is 2.43. The van der Waals surface area contributed by atoms with Crippen LogP contribution in [-0.4, -0.2) is 18.9 Å². The molecule has 19 heavy (non-hydrogen) atoms. The van der Waals surface area contributed by atoms with E-state index in [2.05, 4.69) is 37.7 Å². The molecule has 0 atom stereocenters. The van der Waals surface area contributed by atoms with Gasteiger partial charge in [-0.3, -0.25) is 4.79 Å². The Morgan fingerprint density at radius 2 is 1.84 bits per heavy atom. The van der Waals surface area contributed by atoms with Crippen LogP contribution in [0.5, 0.6) is 0 Å². The van der Waals surface area contributed by atoms with E-state index >= 15 is 0 Å². The monoisotopic (exact) mass is 271 g/mol. The largest absolute Gasteiger partial charge is 0.302 e. The van der Waals surface area contributed by atoms with Crippen LogP contribution in [0.3, 0.4) is 0 Å². The van der Waals surface area contributed by atoms with Crippen molar-refractivity contribution in [3.05, 3.63) is 48.2 Å². The summed E-state index contributed by atoms with van der Waals surface area (Å²) in [5, 5.41) is 0.